The van der Waals surface area contributed by atoms with Gasteiger partial charge < -0.3 is 0 Å². The number of nitrogens with zero attached hydrogens (tertiary/aromatic N) is 2. The molecular weight excluding hydrogens is 1270 g/mol. The van der Waals surface area contributed by atoms with E-state index in [0.29, 0.717) is 55.8 Å². The predicted octanol–water partition coefficient (Wildman–Crippen LogP) is 15.0. The van der Waals surface area contributed by atoms with Crippen molar-refractivity contribution in [2.24, 2.45) is 9.98 Å². The zero-order valence-electron chi connectivity index (χ0n) is 36.8. The monoisotopic (exact) mass is 1300 g/mol. The fourth-order valence-electron chi connectivity index (χ4n) is 7.44. The molecule has 0 aliphatic heterocycles. The first-order chi connectivity index (χ1) is 33.7. The van der Waals surface area contributed by atoms with Crippen LogP contribution in [0.15, 0.2) is 156 Å². The molecule has 0 heterocycles. The number of aliphatic imine (C=N–C) groups is 2. The SMILES string of the molecule is FC(F)(F)c1ccc(P(c2ccc(C(F)(F)F)cc2)c2ccccc2C=N[C@H]2CCCC[C@@H]2N=Cc2ccccc2P(c2ccc(C(F)(F)F)cc2)c2ccc(C(F)(F)F)cc2)cc1.[Cl][Ru+].[F][Sb-]([F])([F])([F])([F])[F]. The van der Waals surface area contributed by atoms with Crippen LogP contribution in [-0.4, -0.2) is 44.0 Å². The molecule has 0 radical (unpaired) electrons. The van der Waals surface area contributed by atoms with Gasteiger partial charge in [0.25, 0.3) is 0 Å². The Hall–Kier alpha value is -4.01. The molecule has 1 aliphatic rings. The quantitative estimate of drug-likeness (QED) is 0.0565. The van der Waals surface area contributed by atoms with Gasteiger partial charge in [-0.25, -0.2) is 0 Å². The predicted molar refractivity (Wildman–Crippen MR) is 250 cm³/mol. The van der Waals surface area contributed by atoms with Crippen LogP contribution >= 0.6 is 25.5 Å². The van der Waals surface area contributed by atoms with Crippen LogP contribution in [-0.2, 0) is 42.0 Å². The first kappa shape index (κ1) is 59.9. The summed E-state index contributed by atoms with van der Waals surface area (Å²) in [6, 6.07) is 31.8. The molecule has 6 aromatic rings. The number of alkyl halides is 12. The summed E-state index contributed by atoms with van der Waals surface area (Å²) >= 11 is -9.43. The normalized spacial score (nSPS) is 16.9. The topological polar surface area (TPSA) is 24.7 Å². The van der Waals surface area contributed by atoms with E-state index in [-0.39, 0.29) is 12.1 Å². The van der Waals surface area contributed by atoms with Crippen LogP contribution in [0.3, 0.4) is 0 Å². The summed E-state index contributed by atoms with van der Waals surface area (Å²) in [5, 5.41) is 3.24. The standard InChI is InChI=1S/C48H36F12N2P2.ClH.6FH.Ru.Sb/c49-45(50,51)33-13-21-37(22-14-33)63(38-23-15-34(16-24-38)46(52,53)54)43-11-5-1-7-31(43)29-61-41-9-3-4-10-42(41)62-30-32-8-2-6-12-44(32)64(39-25-17-35(18-26-39)47(55,56)57)40-27-19-36(20-28-40)48(58,59)60;;;;;;;;;/h1-2,5-8,11-30,41-42H,3-4,9-10H2;7*1H;;/q;;;;;;;;+2;+5/p-7/t41-,42-;;;;;;;;;/m0........./s1. The van der Waals surface area contributed by atoms with Crippen molar-refractivity contribution in [3.05, 3.63) is 179 Å². The molecule has 1 aliphatic carbocycles. The summed E-state index contributed by atoms with van der Waals surface area (Å²) in [5.74, 6) is 0. The summed E-state index contributed by atoms with van der Waals surface area (Å²) in [4.78, 5) is 9.95. The van der Waals surface area contributed by atoms with Gasteiger partial charge in [0, 0.05) is 23.6 Å². The third-order valence-corrected chi connectivity index (χ3v) is 15.7. The Morgan fingerprint density at radius 3 is 0.836 bits per heavy atom. The van der Waals surface area contributed by atoms with E-state index < -0.39 is 82.3 Å². The van der Waals surface area contributed by atoms with Crippen LogP contribution in [0.1, 0.15) is 59.1 Å². The Kier molecular flexibility index (Phi) is 18.9. The Labute approximate surface area is 425 Å². The Morgan fingerprint density at radius 2 is 0.616 bits per heavy atom. The molecule has 1 saturated carbocycles. The van der Waals surface area contributed by atoms with E-state index in [1.165, 1.54) is 48.5 Å². The fraction of sp³-hybridized carbons (Fsp3) is 0.208. The van der Waals surface area contributed by atoms with Crippen molar-refractivity contribution in [1.29, 1.82) is 0 Å². The van der Waals surface area contributed by atoms with Crippen molar-refractivity contribution in [2.75, 3.05) is 0 Å². The molecule has 2 nitrogen and oxygen atoms in total. The molecule has 25 heteroatoms. The van der Waals surface area contributed by atoms with E-state index in [4.69, 9.17) is 9.98 Å². The minimum atomic E-state index is -11.2. The first-order valence-corrected chi connectivity index (χ1v) is 31.7. The second-order valence-corrected chi connectivity index (χ2v) is 25.7. The van der Waals surface area contributed by atoms with Crippen LogP contribution < -0.4 is 31.8 Å². The average Bonchev–Trinajstić information content (AvgIpc) is 3.30. The number of rotatable bonds is 10. The fourth-order valence-corrected chi connectivity index (χ4v) is 12.2. The molecule has 0 aromatic heterocycles. The third-order valence-electron chi connectivity index (χ3n) is 10.7. The maximum atomic E-state index is 13.5. The van der Waals surface area contributed by atoms with Gasteiger partial charge in [-0.2, -0.15) is 52.7 Å². The number of hydrogen-bond donors (Lipinski definition) is 0. The molecular formula is C48H36ClF18N2P2RuSb. The molecule has 0 bridgehead atoms. The van der Waals surface area contributed by atoms with Gasteiger partial charge in [-0.15, -0.1) is 0 Å². The molecule has 394 valence electrons. The van der Waals surface area contributed by atoms with Crippen molar-refractivity contribution in [3.8, 4) is 0 Å². The van der Waals surface area contributed by atoms with Gasteiger partial charge >= 0.3 is 88.1 Å². The van der Waals surface area contributed by atoms with E-state index >= 15 is 0 Å². The second-order valence-electron chi connectivity index (χ2n) is 15.9. The zero-order chi connectivity index (χ0) is 54.3. The van der Waals surface area contributed by atoms with Gasteiger partial charge in [-0.05, 0) is 109 Å². The van der Waals surface area contributed by atoms with E-state index in [2.05, 4.69) is 9.69 Å². The van der Waals surface area contributed by atoms with Gasteiger partial charge in [0.1, 0.15) is 0 Å². The average molecular weight is 1300 g/mol. The summed E-state index contributed by atoms with van der Waals surface area (Å²) in [6.45, 7) is 0. The van der Waals surface area contributed by atoms with E-state index in [1.807, 2.05) is 17.3 Å². The van der Waals surface area contributed by atoms with Gasteiger partial charge in [-0.1, -0.05) is 110 Å². The Bertz CT molecular complexity index is 2510. The third kappa shape index (κ3) is 18.4. The molecule has 0 amide bonds. The summed E-state index contributed by atoms with van der Waals surface area (Å²) < 4.78 is 222. The number of halogens is 19. The van der Waals surface area contributed by atoms with Gasteiger partial charge in [0.2, 0.25) is 0 Å². The molecule has 7 rings (SSSR count). The van der Waals surface area contributed by atoms with Crippen LogP contribution in [0.25, 0.3) is 0 Å². The summed E-state index contributed by atoms with van der Waals surface area (Å²) in [7, 11) is 1.23. The van der Waals surface area contributed by atoms with Gasteiger partial charge in [0.15, 0.2) is 0 Å². The van der Waals surface area contributed by atoms with Crippen molar-refractivity contribution in [3.63, 3.8) is 0 Å². The number of hydrogen-bond acceptors (Lipinski definition) is 2. The van der Waals surface area contributed by atoms with Crippen molar-refractivity contribution < 1.29 is 86.9 Å². The Balaban J connectivity index is 0.00000101. The van der Waals surface area contributed by atoms with Crippen LogP contribution in [0.4, 0.5) is 69.6 Å². The van der Waals surface area contributed by atoms with Crippen molar-refractivity contribution in [2.45, 2.75) is 62.5 Å². The molecule has 0 unspecified atom stereocenters. The molecule has 0 spiro atoms. The zero-order valence-corrected chi connectivity index (χ0v) is 43.6. The van der Waals surface area contributed by atoms with Crippen molar-refractivity contribution in [1.82, 2.24) is 0 Å². The summed E-state index contributed by atoms with van der Waals surface area (Å²) in [5.41, 5.74) is -2.23. The molecule has 0 N–H and O–H groups in total. The van der Waals surface area contributed by atoms with E-state index in [1.54, 1.807) is 61.0 Å². The minimum absolute atomic E-state index is 0.333. The van der Waals surface area contributed by atoms with Crippen LogP contribution in [0.5, 0.6) is 0 Å². The summed E-state index contributed by atoms with van der Waals surface area (Å²) in [6.07, 6.45) is -12.1. The molecule has 6 aromatic carbocycles. The van der Waals surface area contributed by atoms with Crippen LogP contribution in [0.2, 0.25) is 0 Å². The molecule has 1 fully saturated rings. The van der Waals surface area contributed by atoms with E-state index in [9.17, 15) is 69.6 Å². The van der Waals surface area contributed by atoms with Crippen LogP contribution in [0, 0.1) is 0 Å². The molecule has 0 saturated heterocycles. The number of benzene rings is 6. The molecule has 2 atom stereocenters. The second kappa shape index (κ2) is 23.1. The van der Waals surface area contributed by atoms with Gasteiger partial charge in [-0.3, -0.25) is 9.98 Å². The Morgan fingerprint density at radius 1 is 0.397 bits per heavy atom. The van der Waals surface area contributed by atoms with Crippen molar-refractivity contribution >= 4 is 89.3 Å². The van der Waals surface area contributed by atoms with Gasteiger partial charge in [0.05, 0.1) is 34.3 Å². The first-order valence-electron chi connectivity index (χ1n) is 21.0. The van der Waals surface area contributed by atoms with E-state index in [0.717, 1.165) is 61.4 Å². The maximum absolute atomic E-state index is 13.5. The molecule has 73 heavy (non-hydrogen) atoms.